The Morgan fingerprint density at radius 3 is 2.71 bits per heavy atom. The van der Waals surface area contributed by atoms with Crippen LogP contribution in [-0.2, 0) is 27.3 Å². The van der Waals surface area contributed by atoms with Gasteiger partial charge in [-0.2, -0.15) is 0 Å². The molecule has 3 saturated heterocycles. The molecular weight excluding hydrogens is 248 g/mol. The van der Waals surface area contributed by atoms with Crippen LogP contribution in [0.3, 0.4) is 0 Å². The van der Waals surface area contributed by atoms with Crippen molar-refractivity contribution in [1.82, 2.24) is 0 Å². The largest absolute Gasteiger partial charge is 0.353 e. The molecule has 1 unspecified atom stereocenters. The first-order chi connectivity index (χ1) is 8.11. The monoisotopic (exact) mass is 264 g/mol. The van der Waals surface area contributed by atoms with Gasteiger partial charge in [0, 0.05) is 7.11 Å². The Bertz CT molecular complexity index is 299. The van der Waals surface area contributed by atoms with Crippen molar-refractivity contribution in [3.8, 4) is 0 Å². The van der Waals surface area contributed by atoms with Crippen LogP contribution in [0.1, 0.15) is 13.8 Å². The lowest BCUT2D eigenvalue weighted by molar-refractivity contribution is -0.270. The van der Waals surface area contributed by atoms with Gasteiger partial charge in [-0.3, -0.25) is 8.37 Å². The molecule has 7 heteroatoms. The highest BCUT2D eigenvalue weighted by atomic mass is 32.2. The van der Waals surface area contributed by atoms with Crippen LogP contribution in [0.4, 0.5) is 0 Å². The van der Waals surface area contributed by atoms with E-state index in [-0.39, 0.29) is 24.4 Å². The molecule has 0 aromatic rings. The van der Waals surface area contributed by atoms with Crippen molar-refractivity contribution in [1.29, 1.82) is 0 Å². The number of rotatable bonds is 1. The first-order valence-corrected chi connectivity index (χ1v) is 6.26. The smallest absolute Gasteiger partial charge is 0.186 e. The fourth-order valence-electron chi connectivity index (χ4n) is 2.43. The third-order valence-electron chi connectivity index (χ3n) is 3.09. The van der Waals surface area contributed by atoms with Crippen LogP contribution >= 0.6 is 12.3 Å². The predicted octanol–water partition coefficient (Wildman–Crippen LogP) is 0.856. The summed E-state index contributed by atoms with van der Waals surface area (Å²) in [6, 6.07) is 0. The molecule has 6 nitrogen and oxygen atoms in total. The highest BCUT2D eigenvalue weighted by Crippen LogP contribution is 2.41. The zero-order valence-corrected chi connectivity index (χ0v) is 10.8. The lowest BCUT2D eigenvalue weighted by Crippen LogP contribution is -2.59. The Labute approximate surface area is 104 Å². The van der Waals surface area contributed by atoms with Gasteiger partial charge in [-0.1, -0.05) is 0 Å². The first-order valence-electron chi connectivity index (χ1n) is 5.59. The average Bonchev–Trinajstić information content (AvgIpc) is 2.63. The van der Waals surface area contributed by atoms with Gasteiger partial charge in [0.05, 0.1) is 6.61 Å². The van der Waals surface area contributed by atoms with Crippen molar-refractivity contribution in [2.75, 3.05) is 13.7 Å². The topological polar surface area (TPSA) is 55.4 Å². The summed E-state index contributed by atoms with van der Waals surface area (Å²) >= 11 is 0.982. The van der Waals surface area contributed by atoms with E-state index in [1.54, 1.807) is 7.11 Å². The zero-order valence-electron chi connectivity index (χ0n) is 9.95. The molecule has 0 aromatic carbocycles. The van der Waals surface area contributed by atoms with Gasteiger partial charge in [-0.25, -0.2) is 0 Å². The number of fused-ring (bicyclic) bond motifs is 3. The number of hydrogen-bond donors (Lipinski definition) is 0. The maximum absolute atomic E-state index is 5.88. The Morgan fingerprint density at radius 2 is 1.94 bits per heavy atom. The van der Waals surface area contributed by atoms with Crippen LogP contribution in [0.5, 0.6) is 0 Å². The van der Waals surface area contributed by atoms with Crippen molar-refractivity contribution in [2.45, 2.75) is 50.3 Å². The summed E-state index contributed by atoms with van der Waals surface area (Å²) in [5, 5.41) is 0. The van der Waals surface area contributed by atoms with Crippen molar-refractivity contribution in [3.05, 3.63) is 0 Å². The normalized spacial score (nSPS) is 48.5. The van der Waals surface area contributed by atoms with Gasteiger partial charge in [0.2, 0.25) is 0 Å². The zero-order chi connectivity index (χ0) is 12.0. The quantitative estimate of drug-likeness (QED) is 0.651. The van der Waals surface area contributed by atoms with E-state index < -0.39 is 12.1 Å². The van der Waals surface area contributed by atoms with Gasteiger partial charge >= 0.3 is 0 Å². The van der Waals surface area contributed by atoms with Crippen LogP contribution in [-0.4, -0.2) is 50.2 Å². The maximum Gasteiger partial charge on any atom is 0.186 e. The molecule has 0 N–H and O–H groups in total. The molecule has 5 atom stereocenters. The summed E-state index contributed by atoms with van der Waals surface area (Å²) < 4.78 is 33.4. The second kappa shape index (κ2) is 4.34. The van der Waals surface area contributed by atoms with Gasteiger partial charge < -0.3 is 18.9 Å². The molecule has 0 spiro atoms. The summed E-state index contributed by atoms with van der Waals surface area (Å²) in [5.41, 5.74) is 0. The molecule has 3 aliphatic rings. The molecular formula is C10H16O6S. The van der Waals surface area contributed by atoms with Gasteiger partial charge in [0.25, 0.3) is 0 Å². The molecule has 0 aliphatic carbocycles. The van der Waals surface area contributed by atoms with Crippen LogP contribution < -0.4 is 0 Å². The Morgan fingerprint density at radius 1 is 1.18 bits per heavy atom. The molecule has 0 amide bonds. The average molecular weight is 264 g/mol. The van der Waals surface area contributed by atoms with Crippen LogP contribution in [0.2, 0.25) is 0 Å². The summed E-state index contributed by atoms with van der Waals surface area (Å²) in [6.45, 7) is 4.21. The number of hydrogen-bond acceptors (Lipinski definition) is 7. The first kappa shape index (κ1) is 12.2. The molecule has 3 heterocycles. The summed E-state index contributed by atoms with van der Waals surface area (Å²) in [5.74, 6) is -0.642. The maximum atomic E-state index is 5.88. The molecule has 98 valence electrons. The summed E-state index contributed by atoms with van der Waals surface area (Å²) in [6.07, 6.45) is -1.27. The highest BCUT2D eigenvalue weighted by molar-refractivity contribution is 7.89. The Balaban J connectivity index is 1.83. The van der Waals surface area contributed by atoms with Gasteiger partial charge in [0.15, 0.2) is 24.4 Å². The Hall–Kier alpha value is 0.110. The second-order valence-electron chi connectivity index (χ2n) is 4.76. The summed E-state index contributed by atoms with van der Waals surface area (Å²) in [7, 11) is 1.59. The number of methoxy groups -OCH3 is 1. The molecule has 0 saturated carbocycles. The molecule has 3 fully saturated rings. The van der Waals surface area contributed by atoms with E-state index in [9.17, 15) is 0 Å². The van der Waals surface area contributed by atoms with Crippen LogP contribution in [0.25, 0.3) is 0 Å². The second-order valence-corrected chi connectivity index (χ2v) is 5.32. The van der Waals surface area contributed by atoms with Crippen molar-refractivity contribution in [3.63, 3.8) is 0 Å². The third kappa shape index (κ3) is 2.10. The fraction of sp³-hybridized carbons (Fsp3) is 1.00. The summed E-state index contributed by atoms with van der Waals surface area (Å²) in [4.78, 5) is 0. The van der Waals surface area contributed by atoms with E-state index in [2.05, 4.69) is 0 Å². The molecule has 3 rings (SSSR count). The third-order valence-corrected chi connectivity index (χ3v) is 3.63. The minimum absolute atomic E-state index is 0.181. The van der Waals surface area contributed by atoms with Gasteiger partial charge in [-0.05, 0) is 13.8 Å². The van der Waals surface area contributed by atoms with Crippen molar-refractivity contribution >= 4 is 12.3 Å². The van der Waals surface area contributed by atoms with Crippen molar-refractivity contribution < 1.29 is 27.3 Å². The highest BCUT2D eigenvalue weighted by Gasteiger charge is 2.57. The SMILES string of the molecule is CO[C@H]1O[C@@H]2COSO[C@H]2C2OC(C)(C)O[C@H]21. The molecule has 0 bridgehead atoms. The lowest BCUT2D eigenvalue weighted by atomic mass is 9.99. The molecule has 0 aromatic heterocycles. The minimum Gasteiger partial charge on any atom is -0.353 e. The van der Waals surface area contributed by atoms with Crippen LogP contribution in [0, 0.1) is 0 Å². The van der Waals surface area contributed by atoms with Gasteiger partial charge in [0.1, 0.15) is 24.4 Å². The fourth-order valence-corrected chi connectivity index (χ4v) is 3.00. The molecule has 17 heavy (non-hydrogen) atoms. The standard InChI is InChI=1S/C10H16O6S/c1-10(2)14-7-6-5(4-12-17-16-6)13-9(11-3)8(7)15-10/h5-9H,4H2,1-3H3/t5-,6-,7?,8-,9+/m1/s1. The van der Waals surface area contributed by atoms with E-state index >= 15 is 0 Å². The lowest BCUT2D eigenvalue weighted by Gasteiger charge is -2.42. The van der Waals surface area contributed by atoms with E-state index in [1.807, 2.05) is 13.8 Å². The van der Waals surface area contributed by atoms with Crippen molar-refractivity contribution in [2.24, 2.45) is 0 Å². The molecule has 0 radical (unpaired) electrons. The minimum atomic E-state index is -0.642. The van der Waals surface area contributed by atoms with Crippen LogP contribution in [0.15, 0.2) is 0 Å². The van der Waals surface area contributed by atoms with E-state index in [4.69, 9.17) is 27.3 Å². The van der Waals surface area contributed by atoms with E-state index in [1.165, 1.54) is 0 Å². The van der Waals surface area contributed by atoms with Gasteiger partial charge in [-0.15, -0.1) is 0 Å². The van der Waals surface area contributed by atoms with E-state index in [0.717, 1.165) is 12.3 Å². The predicted molar refractivity (Wildman–Crippen MR) is 57.9 cm³/mol. The van der Waals surface area contributed by atoms with E-state index in [0.29, 0.717) is 6.61 Å². The number of ether oxygens (including phenoxy) is 4. The molecule has 3 aliphatic heterocycles. The Kier molecular flexibility index (Phi) is 3.10.